The maximum atomic E-state index is 13.2. The van der Waals surface area contributed by atoms with Crippen molar-refractivity contribution in [2.24, 2.45) is 17.4 Å². The molecular weight excluding hydrogens is 478 g/mol. The molecule has 35 heavy (non-hydrogen) atoms. The van der Waals surface area contributed by atoms with E-state index in [-0.39, 0.29) is 23.8 Å². The van der Waals surface area contributed by atoms with Crippen molar-refractivity contribution in [3.63, 3.8) is 0 Å². The molecule has 0 heterocycles. The fourth-order valence-electron chi connectivity index (χ4n) is 3.06. The molecule has 1 aromatic rings. The molecule has 5 unspecified atom stereocenters. The van der Waals surface area contributed by atoms with Gasteiger partial charge in [0.05, 0.1) is 12.5 Å². The Morgan fingerprint density at radius 3 is 2.03 bits per heavy atom. The number of benzene rings is 1. The van der Waals surface area contributed by atoms with Gasteiger partial charge in [0.1, 0.15) is 23.9 Å². The number of hydrogen-bond donors (Lipinski definition) is 8. The molecule has 0 fully saturated rings. The Bertz CT molecular complexity index is 912. The summed E-state index contributed by atoms with van der Waals surface area (Å²) in [4.78, 5) is 61.1. The summed E-state index contributed by atoms with van der Waals surface area (Å²) in [5.74, 6) is -4.83. The van der Waals surface area contributed by atoms with Crippen molar-refractivity contribution in [3.8, 4) is 5.75 Å². The molecule has 1 rings (SSSR count). The van der Waals surface area contributed by atoms with Gasteiger partial charge in [0, 0.05) is 12.2 Å². The molecule has 5 atom stereocenters. The van der Waals surface area contributed by atoms with Crippen LogP contribution in [0.3, 0.4) is 0 Å². The molecule has 0 aliphatic carbocycles. The second-order valence-electron chi connectivity index (χ2n) is 8.16. The van der Waals surface area contributed by atoms with Crippen LogP contribution in [0, 0.1) is 5.92 Å². The predicted molar refractivity (Wildman–Crippen MR) is 130 cm³/mol. The molecule has 4 amide bonds. The highest BCUT2D eigenvalue weighted by Crippen LogP contribution is 2.13. The number of amides is 4. The van der Waals surface area contributed by atoms with Gasteiger partial charge in [-0.3, -0.25) is 19.2 Å². The molecular formula is C22H33N5O7S. The van der Waals surface area contributed by atoms with Crippen molar-refractivity contribution in [3.05, 3.63) is 29.8 Å². The Labute approximate surface area is 208 Å². The molecule has 0 radical (unpaired) electrons. The fourth-order valence-corrected chi connectivity index (χ4v) is 3.22. The summed E-state index contributed by atoms with van der Waals surface area (Å²) in [7, 11) is 0. The number of nitrogens with two attached hydrogens (primary N) is 2. The van der Waals surface area contributed by atoms with E-state index in [1.165, 1.54) is 24.3 Å². The Kier molecular flexibility index (Phi) is 12.0. The molecule has 0 aliphatic rings. The number of aliphatic carboxylic acids is 1. The molecule has 9 N–H and O–H groups in total. The molecule has 12 nitrogen and oxygen atoms in total. The number of aromatic hydroxyl groups is 1. The standard InChI is InChI=1S/C22H33N5O7S/c1-3-11(2)18(27-19(30)14(23)10-35)21(32)25-15(8-12-4-6-13(28)7-5-12)20(31)26-16(22(33)34)9-17(24)29/h4-7,11,14-16,18,28,35H,3,8-10,23H2,1-2H3,(H2,24,29)(H,25,32)(H,26,31)(H,27,30)(H,33,34). The van der Waals surface area contributed by atoms with Gasteiger partial charge in [-0.25, -0.2) is 4.79 Å². The minimum atomic E-state index is -1.60. The smallest absolute Gasteiger partial charge is 0.326 e. The van der Waals surface area contributed by atoms with Crippen LogP contribution in [0.5, 0.6) is 5.75 Å². The molecule has 0 saturated carbocycles. The summed E-state index contributed by atoms with van der Waals surface area (Å²) >= 11 is 3.98. The topological polar surface area (TPSA) is 214 Å². The van der Waals surface area contributed by atoms with Gasteiger partial charge in [-0.15, -0.1) is 0 Å². The average Bonchev–Trinajstić information content (AvgIpc) is 2.81. The number of phenols is 1. The van der Waals surface area contributed by atoms with E-state index >= 15 is 0 Å². The van der Waals surface area contributed by atoms with Crippen LogP contribution in [0.2, 0.25) is 0 Å². The Hall–Kier alpha value is -3.32. The Morgan fingerprint density at radius 1 is 0.971 bits per heavy atom. The number of carboxylic acid groups (broad SMARTS) is 1. The van der Waals surface area contributed by atoms with Gasteiger partial charge in [-0.05, 0) is 23.6 Å². The van der Waals surface area contributed by atoms with Gasteiger partial charge in [0.2, 0.25) is 23.6 Å². The Balaban J connectivity index is 3.19. The van der Waals surface area contributed by atoms with Crippen LogP contribution in [0.25, 0.3) is 0 Å². The summed E-state index contributed by atoms with van der Waals surface area (Å²) < 4.78 is 0. The normalized spacial score (nSPS) is 15.1. The van der Waals surface area contributed by atoms with E-state index in [1.807, 2.05) is 6.92 Å². The Morgan fingerprint density at radius 2 is 1.54 bits per heavy atom. The minimum absolute atomic E-state index is 0.00809. The van der Waals surface area contributed by atoms with Crippen LogP contribution < -0.4 is 27.4 Å². The van der Waals surface area contributed by atoms with Crippen LogP contribution in [0.1, 0.15) is 32.3 Å². The first-order valence-electron chi connectivity index (χ1n) is 11.0. The maximum Gasteiger partial charge on any atom is 0.326 e. The lowest BCUT2D eigenvalue weighted by atomic mass is 9.96. The number of rotatable bonds is 14. The van der Waals surface area contributed by atoms with Crippen molar-refractivity contribution in [1.29, 1.82) is 0 Å². The first-order chi connectivity index (χ1) is 16.4. The van der Waals surface area contributed by atoms with Gasteiger partial charge < -0.3 is 37.6 Å². The van der Waals surface area contributed by atoms with E-state index in [0.717, 1.165) is 0 Å². The summed E-state index contributed by atoms with van der Waals surface area (Å²) in [6, 6.07) is 0.981. The summed E-state index contributed by atoms with van der Waals surface area (Å²) in [6.07, 6.45) is -0.199. The van der Waals surface area contributed by atoms with Crippen molar-refractivity contribution in [2.75, 3.05) is 5.75 Å². The largest absolute Gasteiger partial charge is 0.508 e. The molecule has 0 aromatic heterocycles. The van der Waals surface area contributed by atoms with E-state index in [4.69, 9.17) is 11.5 Å². The van der Waals surface area contributed by atoms with Crippen LogP contribution in [-0.4, -0.2) is 69.7 Å². The fraction of sp³-hybridized carbons (Fsp3) is 0.500. The van der Waals surface area contributed by atoms with E-state index in [2.05, 4.69) is 28.6 Å². The highest BCUT2D eigenvalue weighted by Gasteiger charge is 2.32. The number of primary amides is 1. The van der Waals surface area contributed by atoms with Crippen LogP contribution in [0.4, 0.5) is 0 Å². The summed E-state index contributed by atoms with van der Waals surface area (Å²) in [6.45, 7) is 3.55. The molecule has 13 heteroatoms. The summed E-state index contributed by atoms with van der Waals surface area (Å²) in [5.41, 5.74) is 11.3. The van der Waals surface area contributed by atoms with Crippen molar-refractivity contribution in [1.82, 2.24) is 16.0 Å². The zero-order valence-electron chi connectivity index (χ0n) is 19.6. The van der Waals surface area contributed by atoms with Crippen LogP contribution >= 0.6 is 12.6 Å². The number of carbonyl (C=O) groups excluding carboxylic acids is 4. The number of nitrogens with one attached hydrogen (secondary N) is 3. The average molecular weight is 512 g/mol. The van der Waals surface area contributed by atoms with E-state index < -0.39 is 60.2 Å². The van der Waals surface area contributed by atoms with Crippen molar-refractivity contribution >= 4 is 42.2 Å². The molecule has 0 saturated heterocycles. The quantitative estimate of drug-likeness (QED) is 0.139. The number of phenolic OH excluding ortho intramolecular Hbond substituents is 1. The predicted octanol–water partition coefficient (Wildman–Crippen LogP) is -1.35. The van der Waals surface area contributed by atoms with E-state index in [1.54, 1.807) is 6.92 Å². The second-order valence-corrected chi connectivity index (χ2v) is 8.53. The van der Waals surface area contributed by atoms with Gasteiger partial charge in [0.15, 0.2) is 0 Å². The molecule has 0 aliphatic heterocycles. The third-order valence-corrected chi connectivity index (χ3v) is 5.75. The third kappa shape index (κ3) is 9.83. The number of hydrogen-bond acceptors (Lipinski definition) is 8. The number of carboxylic acids is 1. The van der Waals surface area contributed by atoms with Crippen LogP contribution in [0.15, 0.2) is 24.3 Å². The third-order valence-electron chi connectivity index (χ3n) is 5.36. The zero-order valence-corrected chi connectivity index (χ0v) is 20.5. The highest BCUT2D eigenvalue weighted by molar-refractivity contribution is 7.80. The lowest BCUT2D eigenvalue weighted by Gasteiger charge is -2.28. The first kappa shape index (κ1) is 29.7. The van der Waals surface area contributed by atoms with E-state index in [9.17, 15) is 34.2 Å². The molecule has 194 valence electrons. The minimum Gasteiger partial charge on any atom is -0.508 e. The summed E-state index contributed by atoms with van der Waals surface area (Å²) in [5, 5.41) is 26.2. The van der Waals surface area contributed by atoms with E-state index in [0.29, 0.717) is 12.0 Å². The number of carbonyl (C=O) groups is 5. The lowest BCUT2D eigenvalue weighted by molar-refractivity contribution is -0.143. The van der Waals surface area contributed by atoms with Crippen molar-refractivity contribution < 1.29 is 34.2 Å². The van der Waals surface area contributed by atoms with Gasteiger partial charge in [0.25, 0.3) is 0 Å². The molecule has 1 aromatic carbocycles. The van der Waals surface area contributed by atoms with Gasteiger partial charge >= 0.3 is 5.97 Å². The molecule has 0 bridgehead atoms. The van der Waals surface area contributed by atoms with Crippen molar-refractivity contribution in [2.45, 2.75) is 57.3 Å². The second kappa shape index (κ2) is 14.2. The lowest BCUT2D eigenvalue weighted by Crippen LogP contribution is -2.59. The van der Waals surface area contributed by atoms with Gasteiger partial charge in [-0.2, -0.15) is 12.6 Å². The highest BCUT2D eigenvalue weighted by atomic mass is 32.1. The SMILES string of the molecule is CCC(C)C(NC(=O)C(N)CS)C(=O)NC(Cc1ccc(O)cc1)C(=O)NC(CC(N)=O)C(=O)O. The van der Waals surface area contributed by atoms with Gasteiger partial charge in [-0.1, -0.05) is 32.4 Å². The van der Waals surface area contributed by atoms with Crippen LogP contribution in [-0.2, 0) is 30.4 Å². The molecule has 0 spiro atoms. The first-order valence-corrected chi connectivity index (χ1v) is 11.6. The zero-order chi connectivity index (χ0) is 26.7. The monoisotopic (exact) mass is 511 g/mol. The maximum absolute atomic E-state index is 13.2. The number of thiol groups is 1.